The first-order valence-electron chi connectivity index (χ1n) is 4.91. The molecule has 0 aliphatic heterocycles. The second kappa shape index (κ2) is 4.12. The predicted octanol–water partition coefficient (Wildman–Crippen LogP) is 2.10. The minimum absolute atomic E-state index is 0.221. The van der Waals surface area contributed by atoms with E-state index < -0.39 is 9.84 Å². The summed E-state index contributed by atoms with van der Waals surface area (Å²) >= 11 is 0.999. The fourth-order valence-electron chi connectivity index (χ4n) is 1.47. The first kappa shape index (κ1) is 12.1. The van der Waals surface area contributed by atoms with Crippen molar-refractivity contribution in [1.29, 1.82) is 0 Å². The van der Waals surface area contributed by atoms with E-state index >= 15 is 0 Å². The van der Waals surface area contributed by atoms with E-state index in [-0.39, 0.29) is 9.34 Å². The molecule has 2 N–H and O–H groups in total. The number of nitrogen functional groups attached to an aromatic ring is 1. The minimum atomic E-state index is -3.29. The van der Waals surface area contributed by atoms with E-state index in [4.69, 9.17) is 5.73 Å². The summed E-state index contributed by atoms with van der Waals surface area (Å²) < 4.78 is 23.5. The molecule has 0 fully saturated rings. The summed E-state index contributed by atoms with van der Waals surface area (Å²) in [4.78, 5) is 4.09. The van der Waals surface area contributed by atoms with Crippen LogP contribution in [0.2, 0.25) is 0 Å². The normalized spacial score (nSPS) is 11.6. The molecule has 0 spiro atoms. The predicted molar refractivity (Wildman–Crippen MR) is 69.8 cm³/mol. The Morgan fingerprint density at radius 2 is 1.82 bits per heavy atom. The van der Waals surface area contributed by atoms with Gasteiger partial charge in [-0.05, 0) is 6.92 Å². The number of sulfone groups is 1. The third kappa shape index (κ3) is 2.48. The maximum absolute atomic E-state index is 11.6. The van der Waals surface area contributed by atoms with Crippen molar-refractivity contribution in [3.05, 3.63) is 29.8 Å². The van der Waals surface area contributed by atoms with E-state index in [0.717, 1.165) is 28.7 Å². The van der Waals surface area contributed by atoms with E-state index in [1.165, 1.54) is 0 Å². The van der Waals surface area contributed by atoms with Gasteiger partial charge in [-0.2, -0.15) is 0 Å². The molecule has 0 unspecified atom stereocenters. The van der Waals surface area contributed by atoms with E-state index in [9.17, 15) is 8.42 Å². The van der Waals surface area contributed by atoms with Crippen LogP contribution in [0.3, 0.4) is 0 Å². The number of hydrogen-bond donors (Lipinski definition) is 1. The molecule has 0 saturated carbocycles. The topological polar surface area (TPSA) is 73.0 Å². The van der Waals surface area contributed by atoms with Gasteiger partial charge in [0, 0.05) is 11.8 Å². The Bertz CT molecular complexity index is 643. The third-order valence-corrected chi connectivity index (χ3v) is 4.98. The lowest BCUT2D eigenvalue weighted by Gasteiger charge is -2.00. The summed E-state index contributed by atoms with van der Waals surface area (Å²) in [7, 11) is -3.29. The molecule has 1 heterocycles. The van der Waals surface area contributed by atoms with Crippen molar-refractivity contribution in [1.82, 2.24) is 4.98 Å². The smallest absolute Gasteiger partial charge is 0.187 e. The highest BCUT2D eigenvalue weighted by Gasteiger charge is 2.20. The second-order valence-electron chi connectivity index (χ2n) is 3.83. The highest BCUT2D eigenvalue weighted by molar-refractivity contribution is 7.93. The molecular weight excluding hydrogens is 256 g/mol. The summed E-state index contributed by atoms with van der Waals surface area (Å²) in [5.41, 5.74) is 7.90. The zero-order valence-electron chi connectivity index (χ0n) is 9.47. The molecule has 6 heteroatoms. The fraction of sp³-hybridized carbons (Fsp3) is 0.182. The third-order valence-electron chi connectivity index (χ3n) is 2.27. The lowest BCUT2D eigenvalue weighted by Crippen LogP contribution is -1.96. The number of aryl methyl sites for hydroxylation is 1. The molecule has 90 valence electrons. The van der Waals surface area contributed by atoms with E-state index in [2.05, 4.69) is 4.98 Å². The Morgan fingerprint density at radius 1 is 1.24 bits per heavy atom. The first-order chi connectivity index (χ1) is 7.88. The van der Waals surface area contributed by atoms with Crippen molar-refractivity contribution in [2.24, 2.45) is 0 Å². The van der Waals surface area contributed by atoms with Gasteiger partial charge in [0.1, 0.15) is 9.90 Å². The van der Waals surface area contributed by atoms with E-state index in [0.29, 0.717) is 5.69 Å². The molecule has 1 aromatic heterocycles. The van der Waals surface area contributed by atoms with Crippen molar-refractivity contribution >= 4 is 26.3 Å². The largest absolute Gasteiger partial charge is 0.375 e. The van der Waals surface area contributed by atoms with Crippen molar-refractivity contribution in [2.45, 2.75) is 11.1 Å². The zero-order chi connectivity index (χ0) is 12.6. The monoisotopic (exact) mass is 268 g/mol. The Kier molecular flexibility index (Phi) is 2.92. The first-order valence-corrected chi connectivity index (χ1v) is 7.62. The van der Waals surface area contributed by atoms with Crippen LogP contribution in [0, 0.1) is 6.92 Å². The number of anilines is 1. The molecule has 17 heavy (non-hydrogen) atoms. The van der Waals surface area contributed by atoms with Gasteiger partial charge in [0.25, 0.3) is 0 Å². The molecule has 0 amide bonds. The standard InChI is InChI=1S/C11H12N2O2S2/c1-7-3-5-8(6-4-7)9-10(17(2,14)15)16-11(12)13-9/h3-6H,1-2H3,(H2,12,13). The summed E-state index contributed by atoms with van der Waals surface area (Å²) in [6.07, 6.45) is 1.16. The van der Waals surface area contributed by atoms with Gasteiger partial charge < -0.3 is 5.73 Å². The van der Waals surface area contributed by atoms with Crippen molar-refractivity contribution in [3.8, 4) is 11.3 Å². The van der Waals surface area contributed by atoms with E-state index in [1.807, 2.05) is 31.2 Å². The van der Waals surface area contributed by atoms with Crippen LogP contribution >= 0.6 is 11.3 Å². The average molecular weight is 268 g/mol. The molecule has 0 saturated heterocycles. The lowest BCUT2D eigenvalue weighted by atomic mass is 10.1. The van der Waals surface area contributed by atoms with Crippen LogP contribution < -0.4 is 5.73 Å². The fourth-order valence-corrected chi connectivity index (χ4v) is 3.43. The molecule has 2 aromatic rings. The summed E-state index contributed by atoms with van der Waals surface area (Å²) in [6, 6.07) is 7.52. The number of nitrogens with two attached hydrogens (primary N) is 1. The molecule has 0 aliphatic carbocycles. The lowest BCUT2D eigenvalue weighted by molar-refractivity contribution is 0.604. The Labute approximate surface area is 104 Å². The van der Waals surface area contributed by atoms with Crippen molar-refractivity contribution in [3.63, 3.8) is 0 Å². The van der Waals surface area contributed by atoms with Crippen LogP contribution in [0.1, 0.15) is 5.56 Å². The Hall–Kier alpha value is -1.40. The number of benzene rings is 1. The number of nitrogens with zero attached hydrogens (tertiary/aromatic N) is 1. The number of hydrogen-bond acceptors (Lipinski definition) is 5. The number of aromatic nitrogens is 1. The molecule has 0 bridgehead atoms. The highest BCUT2D eigenvalue weighted by atomic mass is 32.2. The number of thiazole rings is 1. The van der Waals surface area contributed by atoms with Gasteiger partial charge in [0.05, 0.1) is 0 Å². The quantitative estimate of drug-likeness (QED) is 0.905. The van der Waals surface area contributed by atoms with Crippen LogP contribution in [-0.2, 0) is 9.84 Å². The van der Waals surface area contributed by atoms with Gasteiger partial charge in [0.2, 0.25) is 0 Å². The number of rotatable bonds is 2. The zero-order valence-corrected chi connectivity index (χ0v) is 11.1. The molecular formula is C11H12N2O2S2. The molecule has 0 radical (unpaired) electrons. The van der Waals surface area contributed by atoms with Crippen molar-refractivity contribution < 1.29 is 8.42 Å². The molecule has 2 rings (SSSR count). The van der Waals surface area contributed by atoms with E-state index in [1.54, 1.807) is 0 Å². The van der Waals surface area contributed by atoms with Gasteiger partial charge in [0.15, 0.2) is 15.0 Å². The van der Waals surface area contributed by atoms with Gasteiger partial charge in [-0.25, -0.2) is 13.4 Å². The van der Waals surface area contributed by atoms with Crippen LogP contribution in [0.4, 0.5) is 5.13 Å². The minimum Gasteiger partial charge on any atom is -0.375 e. The van der Waals surface area contributed by atoms with Crippen LogP contribution in [-0.4, -0.2) is 19.7 Å². The van der Waals surface area contributed by atoms with Crippen LogP contribution in [0.5, 0.6) is 0 Å². The summed E-state index contributed by atoms with van der Waals surface area (Å²) in [5.74, 6) is 0. The Balaban J connectivity index is 2.64. The molecule has 0 aliphatic rings. The van der Waals surface area contributed by atoms with Crippen molar-refractivity contribution in [2.75, 3.05) is 12.0 Å². The molecule has 1 aromatic carbocycles. The SMILES string of the molecule is Cc1ccc(-c2nc(N)sc2S(C)(=O)=O)cc1. The van der Waals surface area contributed by atoms with Gasteiger partial charge in [-0.3, -0.25) is 0 Å². The second-order valence-corrected chi connectivity index (χ2v) is 7.07. The summed E-state index contributed by atoms with van der Waals surface area (Å²) in [6.45, 7) is 1.97. The average Bonchev–Trinajstić information content (AvgIpc) is 2.61. The summed E-state index contributed by atoms with van der Waals surface area (Å²) in [5, 5.41) is 0.265. The van der Waals surface area contributed by atoms with Crippen LogP contribution in [0.15, 0.2) is 28.5 Å². The van der Waals surface area contributed by atoms with Gasteiger partial charge >= 0.3 is 0 Å². The molecule has 4 nitrogen and oxygen atoms in total. The van der Waals surface area contributed by atoms with Crippen LogP contribution in [0.25, 0.3) is 11.3 Å². The maximum Gasteiger partial charge on any atom is 0.187 e. The van der Waals surface area contributed by atoms with Gasteiger partial charge in [-0.1, -0.05) is 41.2 Å². The molecule has 0 atom stereocenters. The Morgan fingerprint density at radius 3 is 2.35 bits per heavy atom. The maximum atomic E-state index is 11.6. The van der Waals surface area contributed by atoms with Gasteiger partial charge in [-0.15, -0.1) is 0 Å². The highest BCUT2D eigenvalue weighted by Crippen LogP contribution is 2.33.